The summed E-state index contributed by atoms with van der Waals surface area (Å²) >= 11 is 1.24. The number of unbranched alkanes of at least 4 members (excludes halogenated alkanes) is 1. The maximum atomic E-state index is 13.6. The van der Waals surface area contributed by atoms with Crippen LogP contribution in [0, 0.1) is 6.92 Å². The Morgan fingerprint density at radius 2 is 1.97 bits per heavy atom. The zero-order valence-electron chi connectivity index (χ0n) is 17.7. The smallest absolute Gasteiger partial charge is 0.297 e. The molecule has 4 aromatic rings. The van der Waals surface area contributed by atoms with Crippen molar-refractivity contribution < 1.29 is 13.9 Å². The predicted octanol–water partition coefficient (Wildman–Crippen LogP) is 4.88. The number of nitrogens with zero attached hydrogens (tertiary/aromatic N) is 3. The van der Waals surface area contributed by atoms with Gasteiger partial charge in [0.05, 0.1) is 23.6 Å². The third-order valence-corrected chi connectivity index (χ3v) is 6.23. The van der Waals surface area contributed by atoms with E-state index in [2.05, 4.69) is 17.1 Å². The van der Waals surface area contributed by atoms with Crippen LogP contribution in [0.2, 0.25) is 0 Å². The van der Waals surface area contributed by atoms with E-state index in [1.54, 1.807) is 17.6 Å². The molecule has 1 unspecified atom stereocenters. The first-order valence-corrected chi connectivity index (χ1v) is 11.4. The van der Waals surface area contributed by atoms with Crippen LogP contribution in [0.15, 0.2) is 57.2 Å². The van der Waals surface area contributed by atoms with E-state index in [1.165, 1.54) is 16.2 Å². The van der Waals surface area contributed by atoms with Gasteiger partial charge in [-0.1, -0.05) is 48.4 Å². The van der Waals surface area contributed by atoms with Crippen molar-refractivity contribution >= 4 is 33.3 Å². The molecular formula is C24H21N3O4S. The number of hydrogen-bond donors (Lipinski definition) is 0. The molecule has 1 atom stereocenters. The second-order valence-electron chi connectivity index (χ2n) is 7.74. The van der Waals surface area contributed by atoms with Crippen LogP contribution in [0.4, 0.5) is 5.13 Å². The van der Waals surface area contributed by atoms with Crippen LogP contribution < -0.4 is 15.1 Å². The summed E-state index contributed by atoms with van der Waals surface area (Å²) in [5.41, 5.74) is 3.78. The van der Waals surface area contributed by atoms with Crippen molar-refractivity contribution in [2.75, 3.05) is 11.5 Å². The van der Waals surface area contributed by atoms with Crippen LogP contribution in [-0.2, 0) is 0 Å². The van der Waals surface area contributed by atoms with E-state index in [4.69, 9.17) is 9.15 Å². The van der Waals surface area contributed by atoms with E-state index in [1.807, 2.05) is 37.3 Å². The molecule has 2 aromatic carbocycles. The Morgan fingerprint density at radius 3 is 2.69 bits per heavy atom. The van der Waals surface area contributed by atoms with Crippen molar-refractivity contribution in [1.82, 2.24) is 10.2 Å². The number of fused-ring (bicyclic) bond motifs is 2. The van der Waals surface area contributed by atoms with E-state index in [-0.39, 0.29) is 11.2 Å². The van der Waals surface area contributed by atoms with Crippen molar-refractivity contribution in [2.45, 2.75) is 32.7 Å². The summed E-state index contributed by atoms with van der Waals surface area (Å²) in [6, 6.07) is 12.2. The highest BCUT2D eigenvalue weighted by Crippen LogP contribution is 2.41. The van der Waals surface area contributed by atoms with E-state index < -0.39 is 11.9 Å². The molecule has 0 N–H and O–H groups in total. The zero-order chi connectivity index (χ0) is 22.2. The molecule has 0 radical (unpaired) electrons. The van der Waals surface area contributed by atoms with Gasteiger partial charge in [-0.3, -0.25) is 14.5 Å². The summed E-state index contributed by atoms with van der Waals surface area (Å²) < 4.78 is 11.7. The molecule has 1 aliphatic rings. The van der Waals surface area contributed by atoms with Crippen molar-refractivity contribution in [3.05, 3.63) is 80.6 Å². The molecule has 32 heavy (non-hydrogen) atoms. The van der Waals surface area contributed by atoms with Crippen LogP contribution in [0.5, 0.6) is 5.75 Å². The minimum atomic E-state index is -0.656. The largest absolute Gasteiger partial charge is 0.494 e. The molecule has 5 rings (SSSR count). The lowest BCUT2D eigenvalue weighted by Crippen LogP contribution is -2.29. The highest BCUT2D eigenvalue weighted by Gasteiger charge is 2.44. The van der Waals surface area contributed by atoms with Crippen LogP contribution in [0.25, 0.3) is 11.0 Å². The number of benzene rings is 2. The lowest BCUT2D eigenvalue weighted by atomic mass is 9.98. The second kappa shape index (κ2) is 8.20. The Hall–Kier alpha value is -3.52. The van der Waals surface area contributed by atoms with Gasteiger partial charge in [0.1, 0.15) is 16.8 Å². The molecule has 8 heteroatoms. The number of anilines is 1. The highest BCUT2D eigenvalue weighted by molar-refractivity contribution is 7.13. The summed E-state index contributed by atoms with van der Waals surface area (Å²) in [6.45, 7) is 4.67. The Bertz CT molecular complexity index is 1350. The van der Waals surface area contributed by atoms with Crippen LogP contribution in [0.1, 0.15) is 53.1 Å². The van der Waals surface area contributed by atoms with E-state index in [0.29, 0.717) is 28.3 Å². The van der Waals surface area contributed by atoms with Crippen molar-refractivity contribution in [3.63, 3.8) is 0 Å². The first-order chi connectivity index (χ1) is 15.6. The topological polar surface area (TPSA) is 85.5 Å². The molecule has 3 heterocycles. The summed E-state index contributed by atoms with van der Waals surface area (Å²) in [5, 5.41) is 8.85. The van der Waals surface area contributed by atoms with Gasteiger partial charge in [0.2, 0.25) is 10.9 Å². The summed E-state index contributed by atoms with van der Waals surface area (Å²) in [4.78, 5) is 28.4. The molecule has 0 bridgehead atoms. The number of rotatable bonds is 6. The first-order valence-electron chi connectivity index (χ1n) is 10.5. The molecule has 1 aliphatic heterocycles. The Kier molecular flexibility index (Phi) is 5.22. The number of carbonyl (C=O) groups excluding carboxylic acids is 1. The van der Waals surface area contributed by atoms with Crippen molar-refractivity contribution in [2.24, 2.45) is 0 Å². The van der Waals surface area contributed by atoms with Gasteiger partial charge in [-0.25, -0.2) is 0 Å². The van der Waals surface area contributed by atoms with Gasteiger partial charge >= 0.3 is 0 Å². The molecule has 2 aromatic heterocycles. The van der Waals surface area contributed by atoms with Crippen LogP contribution >= 0.6 is 11.3 Å². The Labute approximate surface area is 188 Å². The summed E-state index contributed by atoms with van der Waals surface area (Å²) in [5.74, 6) is 0.398. The third kappa shape index (κ3) is 3.36. The number of aryl methyl sites for hydroxylation is 1. The van der Waals surface area contributed by atoms with Crippen LogP contribution in [-0.4, -0.2) is 22.7 Å². The maximum absolute atomic E-state index is 13.6. The number of ether oxygens (including phenoxy) is 1. The Balaban J connectivity index is 1.66. The van der Waals surface area contributed by atoms with E-state index >= 15 is 0 Å². The first kappa shape index (κ1) is 20.4. The molecule has 0 aliphatic carbocycles. The average Bonchev–Trinajstić information content (AvgIpc) is 3.42. The number of carbonyl (C=O) groups is 1. The van der Waals surface area contributed by atoms with E-state index in [9.17, 15) is 9.59 Å². The fourth-order valence-corrected chi connectivity index (χ4v) is 4.54. The molecule has 0 fully saturated rings. The summed E-state index contributed by atoms with van der Waals surface area (Å²) in [6.07, 6.45) is 2.03. The highest BCUT2D eigenvalue weighted by atomic mass is 32.1. The van der Waals surface area contributed by atoms with Gasteiger partial charge in [0.15, 0.2) is 5.43 Å². The lowest BCUT2D eigenvalue weighted by Gasteiger charge is -2.22. The molecule has 1 amide bonds. The normalized spacial score (nSPS) is 15.4. The standard InChI is InChI=1S/C24H21N3O4S/c1-3-4-11-30-16-8-6-15(7-9-16)20-19-21(28)17-12-14(2)5-10-18(17)31-22(19)23(29)27(20)24-26-25-13-32-24/h5-10,12-13,20H,3-4,11H2,1-2H3. The van der Waals surface area contributed by atoms with Crippen molar-refractivity contribution in [1.29, 1.82) is 0 Å². The van der Waals surface area contributed by atoms with Gasteiger partial charge in [-0.2, -0.15) is 0 Å². The molecular weight excluding hydrogens is 426 g/mol. The minimum absolute atomic E-state index is 0.0508. The molecule has 0 saturated carbocycles. The zero-order valence-corrected chi connectivity index (χ0v) is 18.5. The van der Waals surface area contributed by atoms with Gasteiger partial charge in [0.25, 0.3) is 5.91 Å². The minimum Gasteiger partial charge on any atom is -0.494 e. The number of amides is 1. The van der Waals surface area contributed by atoms with Gasteiger partial charge in [0, 0.05) is 0 Å². The van der Waals surface area contributed by atoms with Crippen LogP contribution in [0.3, 0.4) is 0 Å². The second-order valence-corrected chi connectivity index (χ2v) is 8.56. The molecule has 162 valence electrons. The number of aromatic nitrogens is 2. The molecule has 0 saturated heterocycles. The fourth-order valence-electron chi connectivity index (χ4n) is 3.95. The van der Waals surface area contributed by atoms with Gasteiger partial charge in [-0.15, -0.1) is 10.2 Å². The monoisotopic (exact) mass is 447 g/mol. The fraction of sp³-hybridized carbons (Fsp3) is 0.250. The van der Waals surface area contributed by atoms with Gasteiger partial charge < -0.3 is 9.15 Å². The third-order valence-electron chi connectivity index (χ3n) is 5.54. The maximum Gasteiger partial charge on any atom is 0.297 e. The van der Waals surface area contributed by atoms with E-state index in [0.717, 1.165) is 29.7 Å². The molecule has 7 nitrogen and oxygen atoms in total. The predicted molar refractivity (Wildman–Crippen MR) is 123 cm³/mol. The lowest BCUT2D eigenvalue weighted by molar-refractivity contribution is 0.0970. The quantitative estimate of drug-likeness (QED) is 0.392. The van der Waals surface area contributed by atoms with Crippen molar-refractivity contribution in [3.8, 4) is 5.75 Å². The number of hydrogen-bond acceptors (Lipinski definition) is 7. The SMILES string of the molecule is CCCCOc1ccc(C2c3c(oc4ccc(C)cc4c3=O)C(=O)N2c2nncs2)cc1. The Morgan fingerprint density at radius 1 is 1.16 bits per heavy atom. The average molecular weight is 448 g/mol. The molecule has 0 spiro atoms. The summed E-state index contributed by atoms with van der Waals surface area (Å²) in [7, 11) is 0. The van der Waals surface area contributed by atoms with Gasteiger partial charge in [-0.05, 0) is 43.2 Å².